The van der Waals surface area contributed by atoms with Gasteiger partial charge in [-0.25, -0.2) is 9.78 Å². The molecule has 0 aliphatic carbocycles. The summed E-state index contributed by atoms with van der Waals surface area (Å²) < 4.78 is 14.9. The maximum atomic E-state index is 11.7. The number of thiazole rings is 1. The van der Waals surface area contributed by atoms with Gasteiger partial charge in [0.05, 0.1) is 20.4 Å². The molecule has 1 amide bonds. The first-order chi connectivity index (χ1) is 10.6. The molecule has 0 spiro atoms. The molecule has 0 aliphatic heterocycles. The number of aromatic nitrogens is 1. The summed E-state index contributed by atoms with van der Waals surface area (Å²) in [6, 6.07) is 6.86. The van der Waals surface area contributed by atoms with Crippen LogP contribution in [0.3, 0.4) is 0 Å². The molecule has 7 nitrogen and oxygen atoms in total. The number of hydrogen-bond donors (Lipinski definition) is 1. The Morgan fingerprint density at radius 2 is 1.86 bits per heavy atom. The second-order valence-electron chi connectivity index (χ2n) is 4.03. The minimum absolute atomic E-state index is 0.167. The van der Waals surface area contributed by atoms with Gasteiger partial charge in [0.15, 0.2) is 11.7 Å². The normalized spacial score (nSPS) is 9.91. The number of nitrogens with one attached hydrogen (secondary N) is 1. The van der Waals surface area contributed by atoms with Crippen molar-refractivity contribution in [2.45, 2.75) is 0 Å². The maximum absolute atomic E-state index is 11.7. The summed E-state index contributed by atoms with van der Waals surface area (Å²) in [6.45, 7) is -0.167. The molecule has 2 rings (SSSR count). The molecule has 1 heterocycles. The number of anilines is 1. The highest BCUT2D eigenvalue weighted by molar-refractivity contribution is 7.17. The molecule has 2 aromatic rings. The molecule has 1 aromatic carbocycles. The Morgan fingerprint density at radius 1 is 1.18 bits per heavy atom. The maximum Gasteiger partial charge on any atom is 0.349 e. The van der Waals surface area contributed by atoms with E-state index in [1.807, 2.05) is 0 Å². The SMILES string of the molecule is COC(=O)c1cnc(NC(=O)COc2ccc(OC)cc2)s1. The highest BCUT2D eigenvalue weighted by atomic mass is 32.1. The Morgan fingerprint density at radius 3 is 2.50 bits per heavy atom. The molecule has 0 bridgehead atoms. The summed E-state index contributed by atoms with van der Waals surface area (Å²) in [5.41, 5.74) is 0. The zero-order valence-electron chi connectivity index (χ0n) is 12.0. The number of methoxy groups -OCH3 is 2. The lowest BCUT2D eigenvalue weighted by atomic mass is 10.3. The predicted molar refractivity (Wildman–Crippen MR) is 80.6 cm³/mol. The van der Waals surface area contributed by atoms with Crippen molar-refractivity contribution in [2.24, 2.45) is 0 Å². The standard InChI is InChI=1S/C14H14N2O5S/c1-19-9-3-5-10(6-4-9)21-8-12(17)16-14-15-7-11(22-14)13(18)20-2/h3-7H,8H2,1-2H3,(H,15,16,17). The number of rotatable bonds is 6. The molecule has 0 saturated heterocycles. The number of nitrogens with zero attached hydrogens (tertiary/aromatic N) is 1. The van der Waals surface area contributed by atoms with Gasteiger partial charge in [-0.1, -0.05) is 11.3 Å². The number of hydrogen-bond acceptors (Lipinski definition) is 7. The first kappa shape index (κ1) is 15.8. The van der Waals surface area contributed by atoms with Gasteiger partial charge in [0.1, 0.15) is 16.4 Å². The molecule has 0 radical (unpaired) electrons. The van der Waals surface area contributed by atoms with Gasteiger partial charge in [-0.05, 0) is 24.3 Å². The van der Waals surface area contributed by atoms with Crippen molar-refractivity contribution in [2.75, 3.05) is 26.1 Å². The van der Waals surface area contributed by atoms with Crippen LogP contribution < -0.4 is 14.8 Å². The number of amides is 1. The van der Waals surface area contributed by atoms with Gasteiger partial charge in [0, 0.05) is 0 Å². The predicted octanol–water partition coefficient (Wildman–Crippen LogP) is 1.96. The third-order valence-electron chi connectivity index (χ3n) is 2.57. The van der Waals surface area contributed by atoms with E-state index in [-0.39, 0.29) is 12.5 Å². The average molecular weight is 322 g/mol. The van der Waals surface area contributed by atoms with E-state index in [4.69, 9.17) is 9.47 Å². The fourth-order valence-corrected chi connectivity index (χ4v) is 2.25. The van der Waals surface area contributed by atoms with Crippen molar-refractivity contribution in [3.05, 3.63) is 35.3 Å². The quantitative estimate of drug-likeness (QED) is 0.818. The van der Waals surface area contributed by atoms with Gasteiger partial charge >= 0.3 is 5.97 Å². The third kappa shape index (κ3) is 4.19. The summed E-state index contributed by atoms with van der Waals surface area (Å²) in [5.74, 6) is 0.384. The molecule has 22 heavy (non-hydrogen) atoms. The van der Waals surface area contributed by atoms with Crippen LogP contribution in [0.1, 0.15) is 9.67 Å². The van der Waals surface area contributed by atoms with Crippen LogP contribution in [0.15, 0.2) is 30.5 Å². The highest BCUT2D eigenvalue weighted by Gasteiger charge is 2.12. The van der Waals surface area contributed by atoms with Crippen molar-refractivity contribution in [3.8, 4) is 11.5 Å². The molecule has 0 fully saturated rings. The summed E-state index contributed by atoms with van der Waals surface area (Å²) >= 11 is 1.03. The van der Waals surface area contributed by atoms with Crippen LogP contribution in [-0.2, 0) is 9.53 Å². The first-order valence-corrected chi connectivity index (χ1v) is 7.05. The fraction of sp³-hybridized carbons (Fsp3) is 0.214. The summed E-state index contributed by atoms with van der Waals surface area (Å²) in [7, 11) is 2.85. The minimum atomic E-state index is -0.493. The van der Waals surface area contributed by atoms with Crippen LogP contribution in [-0.4, -0.2) is 37.7 Å². The number of esters is 1. The van der Waals surface area contributed by atoms with Crippen LogP contribution >= 0.6 is 11.3 Å². The Hall–Kier alpha value is -2.61. The molecule has 1 aromatic heterocycles. The zero-order valence-corrected chi connectivity index (χ0v) is 12.8. The van der Waals surface area contributed by atoms with Crippen molar-refractivity contribution in [3.63, 3.8) is 0 Å². The van der Waals surface area contributed by atoms with E-state index in [0.717, 1.165) is 11.3 Å². The number of ether oxygens (including phenoxy) is 3. The van der Waals surface area contributed by atoms with E-state index in [9.17, 15) is 9.59 Å². The molecular weight excluding hydrogens is 308 g/mol. The molecule has 0 saturated carbocycles. The highest BCUT2D eigenvalue weighted by Crippen LogP contribution is 2.19. The zero-order chi connectivity index (χ0) is 15.9. The molecule has 1 N–H and O–H groups in total. The molecule has 0 atom stereocenters. The van der Waals surface area contributed by atoms with E-state index in [1.165, 1.54) is 13.3 Å². The van der Waals surface area contributed by atoms with Crippen molar-refractivity contribution < 1.29 is 23.8 Å². The van der Waals surface area contributed by atoms with Gasteiger partial charge in [0.2, 0.25) is 0 Å². The van der Waals surface area contributed by atoms with Crippen molar-refractivity contribution in [1.29, 1.82) is 0 Å². The third-order valence-corrected chi connectivity index (χ3v) is 3.46. The topological polar surface area (TPSA) is 86.8 Å². The largest absolute Gasteiger partial charge is 0.497 e. The average Bonchev–Trinajstić information content (AvgIpc) is 3.01. The lowest BCUT2D eigenvalue weighted by molar-refractivity contribution is -0.118. The van der Waals surface area contributed by atoms with E-state index in [0.29, 0.717) is 21.5 Å². The van der Waals surface area contributed by atoms with Gasteiger partial charge in [-0.3, -0.25) is 10.1 Å². The van der Waals surface area contributed by atoms with Crippen LogP contribution in [0.4, 0.5) is 5.13 Å². The minimum Gasteiger partial charge on any atom is -0.497 e. The molecule has 0 aliphatic rings. The van der Waals surface area contributed by atoms with Crippen LogP contribution in [0.2, 0.25) is 0 Å². The first-order valence-electron chi connectivity index (χ1n) is 6.23. The Labute approximate surface area is 130 Å². The van der Waals surface area contributed by atoms with Crippen molar-refractivity contribution in [1.82, 2.24) is 4.98 Å². The summed E-state index contributed by atoms with van der Waals surface area (Å²) in [6.07, 6.45) is 1.34. The second-order valence-corrected chi connectivity index (χ2v) is 5.06. The van der Waals surface area contributed by atoms with E-state index < -0.39 is 5.97 Å². The van der Waals surface area contributed by atoms with Crippen LogP contribution in [0, 0.1) is 0 Å². The van der Waals surface area contributed by atoms with Gasteiger partial charge < -0.3 is 14.2 Å². The number of carbonyl (C=O) groups excluding carboxylic acids is 2. The van der Waals surface area contributed by atoms with E-state index in [1.54, 1.807) is 31.4 Å². The Balaban J connectivity index is 1.84. The number of benzene rings is 1. The summed E-state index contributed by atoms with van der Waals surface area (Å²) in [4.78, 5) is 27.3. The van der Waals surface area contributed by atoms with Crippen LogP contribution in [0.25, 0.3) is 0 Å². The molecule has 0 unspecified atom stereocenters. The molecular formula is C14H14N2O5S. The molecule has 8 heteroatoms. The second kappa shape index (κ2) is 7.41. The molecule has 116 valence electrons. The van der Waals surface area contributed by atoms with E-state index >= 15 is 0 Å². The van der Waals surface area contributed by atoms with Gasteiger partial charge in [0.25, 0.3) is 5.91 Å². The fourth-order valence-electron chi connectivity index (χ4n) is 1.50. The van der Waals surface area contributed by atoms with Gasteiger partial charge in [-0.2, -0.15) is 0 Å². The van der Waals surface area contributed by atoms with Crippen molar-refractivity contribution >= 4 is 28.3 Å². The monoisotopic (exact) mass is 322 g/mol. The summed E-state index contributed by atoms with van der Waals surface area (Å²) in [5, 5.41) is 2.85. The number of carbonyl (C=O) groups is 2. The Kier molecular flexibility index (Phi) is 5.31. The van der Waals surface area contributed by atoms with Gasteiger partial charge in [-0.15, -0.1) is 0 Å². The van der Waals surface area contributed by atoms with Crippen LogP contribution in [0.5, 0.6) is 11.5 Å². The smallest absolute Gasteiger partial charge is 0.349 e. The lowest BCUT2D eigenvalue weighted by Gasteiger charge is -2.06. The Bertz CT molecular complexity index is 654. The van der Waals surface area contributed by atoms with E-state index in [2.05, 4.69) is 15.0 Å². The lowest BCUT2D eigenvalue weighted by Crippen LogP contribution is -2.19.